The van der Waals surface area contributed by atoms with Crippen LogP contribution in [-0.2, 0) is 21.4 Å². The van der Waals surface area contributed by atoms with Crippen LogP contribution in [0.3, 0.4) is 0 Å². The molecule has 9 heteroatoms. The third kappa shape index (κ3) is 6.30. The van der Waals surface area contributed by atoms with E-state index in [0.717, 1.165) is 15.4 Å². The molecule has 0 saturated carbocycles. The van der Waals surface area contributed by atoms with Gasteiger partial charge in [0.25, 0.3) is 0 Å². The molecule has 1 N–H and O–H groups in total. The summed E-state index contributed by atoms with van der Waals surface area (Å²) in [5.74, 6) is 0.185. The molecular formula is C25H26Cl2N2O4S. The number of nitrogens with zero attached hydrogens (tertiary/aromatic N) is 1. The highest BCUT2D eigenvalue weighted by Crippen LogP contribution is 2.26. The summed E-state index contributed by atoms with van der Waals surface area (Å²) in [6, 6.07) is 18.3. The van der Waals surface area contributed by atoms with Gasteiger partial charge in [-0.25, -0.2) is 8.42 Å². The normalized spacial score (nSPS) is 12.4. The number of hydrogen-bond donors (Lipinski definition) is 1. The minimum absolute atomic E-state index is 0.0520. The standard InChI is InChI=1S/C25H26Cl2N2O4S/c1-17-8-11-20(12-9-17)34(31,32)29(15-19-10-13-22(26)23(27)14-19)16-25(30)28-18(2)21-6-4-5-7-24(21)33-3/h4-14,18H,15-16H2,1-3H3,(H,28,30)/t18-/m1/s1. The minimum atomic E-state index is -3.98. The van der Waals surface area contributed by atoms with Crippen LogP contribution in [0.4, 0.5) is 0 Å². The van der Waals surface area contributed by atoms with E-state index >= 15 is 0 Å². The van der Waals surface area contributed by atoms with E-state index in [1.807, 2.05) is 32.0 Å². The fourth-order valence-corrected chi connectivity index (χ4v) is 5.18. The largest absolute Gasteiger partial charge is 0.496 e. The van der Waals surface area contributed by atoms with Gasteiger partial charge < -0.3 is 10.1 Å². The molecule has 1 atom stereocenters. The summed E-state index contributed by atoms with van der Waals surface area (Å²) in [6.45, 7) is 3.25. The topological polar surface area (TPSA) is 75.7 Å². The SMILES string of the molecule is COc1ccccc1[C@@H](C)NC(=O)CN(Cc1ccc(Cl)c(Cl)c1)S(=O)(=O)c1ccc(C)cc1. The first kappa shape index (κ1) is 26.0. The van der Waals surface area contributed by atoms with Crippen LogP contribution in [0.15, 0.2) is 71.6 Å². The molecule has 0 fully saturated rings. The van der Waals surface area contributed by atoms with Crippen molar-refractivity contribution in [2.45, 2.75) is 31.3 Å². The summed E-state index contributed by atoms with van der Waals surface area (Å²) in [5, 5.41) is 3.54. The van der Waals surface area contributed by atoms with Crippen molar-refractivity contribution in [2.24, 2.45) is 0 Å². The maximum absolute atomic E-state index is 13.5. The number of sulfonamides is 1. The number of ether oxygens (including phenoxy) is 1. The van der Waals surface area contributed by atoms with Gasteiger partial charge in [-0.05, 0) is 49.7 Å². The quantitative estimate of drug-likeness (QED) is 0.411. The number of methoxy groups -OCH3 is 1. The van der Waals surface area contributed by atoms with E-state index < -0.39 is 22.0 Å². The van der Waals surface area contributed by atoms with Crippen molar-refractivity contribution >= 4 is 39.1 Å². The monoisotopic (exact) mass is 520 g/mol. The first-order valence-corrected chi connectivity index (χ1v) is 12.7. The fourth-order valence-electron chi connectivity index (χ4n) is 3.48. The van der Waals surface area contributed by atoms with Crippen LogP contribution in [0, 0.1) is 6.92 Å². The van der Waals surface area contributed by atoms with Crippen LogP contribution in [-0.4, -0.2) is 32.3 Å². The van der Waals surface area contributed by atoms with Gasteiger partial charge in [-0.2, -0.15) is 4.31 Å². The van der Waals surface area contributed by atoms with Crippen LogP contribution in [0.2, 0.25) is 10.0 Å². The van der Waals surface area contributed by atoms with Crippen molar-refractivity contribution in [3.05, 3.63) is 93.5 Å². The van der Waals surface area contributed by atoms with E-state index in [1.54, 1.807) is 43.5 Å². The Bertz CT molecular complexity index is 1260. The summed E-state index contributed by atoms with van der Waals surface area (Å²) in [7, 11) is -2.42. The van der Waals surface area contributed by atoms with E-state index in [9.17, 15) is 13.2 Å². The van der Waals surface area contributed by atoms with Crippen molar-refractivity contribution < 1.29 is 17.9 Å². The number of rotatable bonds is 9. The Kier molecular flexibility index (Phi) is 8.60. The average molecular weight is 521 g/mol. The number of benzene rings is 3. The molecule has 0 radical (unpaired) electrons. The number of carbonyl (C=O) groups is 1. The number of hydrogen-bond acceptors (Lipinski definition) is 4. The molecule has 0 aliphatic carbocycles. The molecule has 3 rings (SSSR count). The van der Waals surface area contributed by atoms with Gasteiger partial charge >= 0.3 is 0 Å². The summed E-state index contributed by atoms with van der Waals surface area (Å²) in [4.78, 5) is 13.1. The molecular weight excluding hydrogens is 495 g/mol. The number of aryl methyl sites for hydroxylation is 1. The van der Waals surface area contributed by atoms with Crippen LogP contribution < -0.4 is 10.1 Å². The van der Waals surface area contributed by atoms with E-state index in [-0.39, 0.29) is 18.0 Å². The van der Waals surface area contributed by atoms with Gasteiger partial charge in [0, 0.05) is 12.1 Å². The van der Waals surface area contributed by atoms with Crippen LogP contribution >= 0.6 is 23.2 Å². The summed E-state index contributed by atoms with van der Waals surface area (Å²) in [5.41, 5.74) is 2.32. The Balaban J connectivity index is 1.87. The van der Waals surface area contributed by atoms with Crippen molar-refractivity contribution in [2.75, 3.05) is 13.7 Å². The third-order valence-corrected chi connectivity index (χ3v) is 7.85. The number of para-hydroxylation sites is 1. The zero-order valence-electron chi connectivity index (χ0n) is 19.1. The lowest BCUT2D eigenvalue weighted by Gasteiger charge is -2.24. The molecule has 0 saturated heterocycles. The zero-order valence-corrected chi connectivity index (χ0v) is 21.4. The van der Waals surface area contributed by atoms with Gasteiger partial charge in [0.05, 0.1) is 34.6 Å². The molecule has 0 aliphatic heterocycles. The molecule has 0 heterocycles. The maximum Gasteiger partial charge on any atom is 0.243 e. The van der Waals surface area contributed by atoms with Gasteiger partial charge in [0.2, 0.25) is 15.9 Å². The van der Waals surface area contributed by atoms with Crippen LogP contribution in [0.1, 0.15) is 29.7 Å². The molecule has 0 aromatic heterocycles. The molecule has 0 aliphatic rings. The fraction of sp³-hybridized carbons (Fsp3) is 0.240. The van der Waals surface area contributed by atoms with Crippen molar-refractivity contribution in [1.29, 1.82) is 0 Å². The van der Waals surface area contributed by atoms with Gasteiger partial charge in [-0.15, -0.1) is 0 Å². The Labute approximate surface area is 210 Å². The highest BCUT2D eigenvalue weighted by atomic mass is 35.5. The Morgan fingerprint density at radius 3 is 2.35 bits per heavy atom. The molecule has 180 valence electrons. The lowest BCUT2D eigenvalue weighted by molar-refractivity contribution is -0.122. The molecule has 3 aromatic rings. The van der Waals surface area contributed by atoms with Crippen LogP contribution in [0.25, 0.3) is 0 Å². The Morgan fingerprint density at radius 1 is 1.03 bits per heavy atom. The first-order valence-electron chi connectivity index (χ1n) is 10.5. The number of amides is 1. The smallest absolute Gasteiger partial charge is 0.243 e. The molecule has 0 spiro atoms. The number of carbonyl (C=O) groups excluding carboxylic acids is 1. The predicted octanol–water partition coefficient (Wildman–Crippen LogP) is 5.38. The molecule has 0 unspecified atom stereocenters. The highest BCUT2D eigenvalue weighted by molar-refractivity contribution is 7.89. The molecule has 6 nitrogen and oxygen atoms in total. The van der Waals surface area contributed by atoms with Crippen LogP contribution in [0.5, 0.6) is 5.75 Å². The zero-order chi connectivity index (χ0) is 24.9. The first-order chi connectivity index (χ1) is 16.1. The summed E-state index contributed by atoms with van der Waals surface area (Å²) in [6.07, 6.45) is 0. The van der Waals surface area contributed by atoms with Gasteiger partial charge in [0.15, 0.2) is 0 Å². The van der Waals surface area contributed by atoms with Crippen molar-refractivity contribution in [1.82, 2.24) is 9.62 Å². The third-order valence-electron chi connectivity index (χ3n) is 5.30. The summed E-state index contributed by atoms with van der Waals surface area (Å²) >= 11 is 12.1. The maximum atomic E-state index is 13.5. The minimum Gasteiger partial charge on any atom is -0.496 e. The molecule has 3 aromatic carbocycles. The second kappa shape index (κ2) is 11.2. The molecule has 34 heavy (non-hydrogen) atoms. The van der Waals surface area contributed by atoms with Gasteiger partial charge in [-0.3, -0.25) is 4.79 Å². The lowest BCUT2D eigenvalue weighted by atomic mass is 10.1. The predicted molar refractivity (Wildman–Crippen MR) is 135 cm³/mol. The van der Waals surface area contributed by atoms with Crippen molar-refractivity contribution in [3.63, 3.8) is 0 Å². The molecule has 0 bridgehead atoms. The number of halogens is 2. The second-order valence-corrected chi connectivity index (χ2v) is 10.6. The summed E-state index contributed by atoms with van der Waals surface area (Å²) < 4.78 is 33.4. The van der Waals surface area contributed by atoms with E-state index in [4.69, 9.17) is 27.9 Å². The van der Waals surface area contributed by atoms with Gasteiger partial charge in [-0.1, -0.05) is 65.2 Å². The highest BCUT2D eigenvalue weighted by Gasteiger charge is 2.28. The van der Waals surface area contributed by atoms with E-state index in [2.05, 4.69) is 5.32 Å². The van der Waals surface area contributed by atoms with E-state index in [0.29, 0.717) is 21.4 Å². The van der Waals surface area contributed by atoms with Crippen molar-refractivity contribution in [3.8, 4) is 5.75 Å². The van der Waals surface area contributed by atoms with E-state index in [1.165, 1.54) is 12.1 Å². The molecule has 1 amide bonds. The Morgan fingerprint density at radius 2 is 1.71 bits per heavy atom. The number of nitrogens with one attached hydrogen (secondary N) is 1. The van der Waals surface area contributed by atoms with Gasteiger partial charge in [0.1, 0.15) is 5.75 Å². The Hall–Kier alpha value is -2.58. The lowest BCUT2D eigenvalue weighted by Crippen LogP contribution is -2.41. The average Bonchev–Trinajstić information content (AvgIpc) is 2.81. The second-order valence-electron chi connectivity index (χ2n) is 7.87.